The molecule has 0 aromatic carbocycles. The number of carbonyl (C=O) groups excluding carboxylic acids is 1. The van der Waals surface area contributed by atoms with Crippen molar-refractivity contribution in [2.75, 3.05) is 6.16 Å². The summed E-state index contributed by atoms with van der Waals surface area (Å²) in [5, 5.41) is 9.20. The minimum Gasteiger partial charge on any atom is -0.388 e. The van der Waals surface area contributed by atoms with Crippen molar-refractivity contribution in [3.05, 3.63) is 30.1 Å². The zero-order chi connectivity index (χ0) is 13.4. The number of rotatable bonds is 4. The smallest absolute Gasteiger partial charge is 0.388 e. The van der Waals surface area contributed by atoms with Crippen LogP contribution >= 0.6 is 8.03 Å². The van der Waals surface area contributed by atoms with Gasteiger partial charge in [-0.15, -0.1) is 0 Å². The Hall–Kier alpha value is -1.80. The van der Waals surface area contributed by atoms with Gasteiger partial charge in [-0.25, -0.2) is 0 Å². The lowest BCUT2D eigenvalue weighted by Crippen LogP contribution is -2.16. The number of esters is 1. The summed E-state index contributed by atoms with van der Waals surface area (Å²) in [6.07, 6.45) is 3.33. The van der Waals surface area contributed by atoms with E-state index in [1.807, 2.05) is 0 Å². The van der Waals surface area contributed by atoms with E-state index in [2.05, 4.69) is 21.7 Å². The third-order valence-electron chi connectivity index (χ3n) is 1.79. The van der Waals surface area contributed by atoms with Crippen LogP contribution in [0.25, 0.3) is 0 Å². The van der Waals surface area contributed by atoms with E-state index in [1.165, 1.54) is 6.20 Å². The van der Waals surface area contributed by atoms with Gasteiger partial charge in [-0.2, -0.15) is 4.89 Å². The number of nitrogens with zero attached hydrogens (tertiary/aromatic N) is 1. The topological polar surface area (TPSA) is 96.7 Å². The molecule has 0 saturated carbocycles. The second-order valence-electron chi connectivity index (χ2n) is 3.34. The average molecular weight is 268 g/mol. The lowest BCUT2D eigenvalue weighted by molar-refractivity contribution is -0.138. The van der Waals surface area contributed by atoms with Gasteiger partial charge in [-0.3, -0.25) is 9.78 Å². The highest BCUT2D eigenvalue weighted by Crippen LogP contribution is 2.15. The fourth-order valence-corrected chi connectivity index (χ4v) is 1.55. The molecule has 0 bridgehead atoms. The van der Waals surface area contributed by atoms with Crippen LogP contribution in [0.4, 0.5) is 0 Å². The van der Waals surface area contributed by atoms with Crippen LogP contribution in [0.3, 0.4) is 0 Å². The first-order valence-electron chi connectivity index (χ1n) is 5.00. The molecule has 18 heavy (non-hydrogen) atoms. The van der Waals surface area contributed by atoms with Crippen LogP contribution in [0.1, 0.15) is 12.0 Å². The Bertz CT molecular complexity index is 479. The lowest BCUT2D eigenvalue weighted by atomic mass is 10.3. The van der Waals surface area contributed by atoms with Crippen LogP contribution < -0.4 is 0 Å². The molecule has 0 amide bonds. The number of carbonyl (C=O) groups is 1. The first-order valence-corrected chi connectivity index (χ1v) is 6.40. The lowest BCUT2D eigenvalue weighted by Gasteiger charge is -1.99. The van der Waals surface area contributed by atoms with E-state index in [-0.39, 0.29) is 12.6 Å². The van der Waals surface area contributed by atoms with E-state index < -0.39 is 20.1 Å². The van der Waals surface area contributed by atoms with Crippen molar-refractivity contribution >= 4 is 14.0 Å². The second kappa shape index (κ2) is 7.51. The molecule has 0 aliphatic rings. The Morgan fingerprint density at radius 1 is 1.61 bits per heavy atom. The molecule has 2 atom stereocenters. The molecule has 0 fully saturated rings. The summed E-state index contributed by atoms with van der Waals surface area (Å²) >= 11 is 0. The van der Waals surface area contributed by atoms with Gasteiger partial charge in [-0.1, -0.05) is 0 Å². The maximum Gasteiger partial charge on any atom is 0.508 e. The Balaban J connectivity index is 2.38. The van der Waals surface area contributed by atoms with Gasteiger partial charge in [0, 0.05) is 18.0 Å². The molecule has 1 aromatic heterocycles. The molecular formula is C11H11NO5P+. The highest BCUT2D eigenvalue weighted by Gasteiger charge is 2.22. The molecule has 2 unspecified atom stereocenters. The molecule has 94 valence electrons. The Kier molecular flexibility index (Phi) is 5.95. The average Bonchev–Trinajstić information content (AvgIpc) is 2.29. The number of aliphatic hydroxyl groups excluding tert-OH is 1. The molecule has 1 heterocycles. The predicted octanol–water partition coefficient (Wildman–Crippen LogP) is 0.419. The van der Waals surface area contributed by atoms with Gasteiger partial charge in [-0.05, 0) is 22.6 Å². The van der Waals surface area contributed by atoms with Gasteiger partial charge in [0.1, 0.15) is 12.2 Å². The maximum absolute atomic E-state index is 11.1. The first kappa shape index (κ1) is 14.3. The molecule has 6 nitrogen and oxygen atoms in total. The summed E-state index contributed by atoms with van der Waals surface area (Å²) in [7, 11) is -2.47. The maximum atomic E-state index is 11.1. The van der Waals surface area contributed by atoms with Crippen molar-refractivity contribution in [3.8, 4) is 12.0 Å². The standard InChI is InChI=1S/C11H10NO5P/c13-10(8-18(15)16)6-11(14)17-5-3-9-2-1-4-12-7-9/h1-2,4,7,10,13H,6,8H2/p+1. The first-order chi connectivity index (χ1) is 8.58. The fourth-order valence-electron chi connectivity index (χ4n) is 1.06. The van der Waals surface area contributed by atoms with Crippen molar-refractivity contribution in [3.63, 3.8) is 0 Å². The molecule has 2 N–H and O–H groups in total. The number of hydrogen-bond acceptors (Lipinski definition) is 5. The molecule has 0 radical (unpaired) electrons. The van der Waals surface area contributed by atoms with Crippen LogP contribution in [0.15, 0.2) is 24.5 Å². The quantitative estimate of drug-likeness (QED) is 0.466. The molecule has 0 aliphatic carbocycles. The molecule has 1 rings (SSSR count). The zero-order valence-corrected chi connectivity index (χ0v) is 10.2. The number of aliphatic hydroxyl groups is 1. The number of hydrogen-bond donors (Lipinski definition) is 2. The summed E-state index contributed by atoms with van der Waals surface area (Å²) in [4.78, 5) is 23.5. The highest BCUT2D eigenvalue weighted by molar-refractivity contribution is 7.38. The summed E-state index contributed by atoms with van der Waals surface area (Å²) in [5.41, 5.74) is 0.587. The van der Waals surface area contributed by atoms with E-state index in [0.29, 0.717) is 5.56 Å². The monoisotopic (exact) mass is 268 g/mol. The van der Waals surface area contributed by atoms with E-state index in [0.717, 1.165) is 0 Å². The zero-order valence-electron chi connectivity index (χ0n) is 9.31. The number of pyridine rings is 1. The Morgan fingerprint density at radius 3 is 3.00 bits per heavy atom. The van der Waals surface area contributed by atoms with Crippen molar-refractivity contribution in [2.24, 2.45) is 0 Å². The molecule has 0 aliphatic heterocycles. The van der Waals surface area contributed by atoms with Crippen molar-refractivity contribution in [1.82, 2.24) is 4.98 Å². The van der Waals surface area contributed by atoms with E-state index in [9.17, 15) is 14.5 Å². The van der Waals surface area contributed by atoms with Gasteiger partial charge in [0.25, 0.3) is 0 Å². The second-order valence-corrected chi connectivity index (χ2v) is 4.41. The van der Waals surface area contributed by atoms with Crippen LogP contribution in [0, 0.1) is 12.0 Å². The van der Waals surface area contributed by atoms with E-state index >= 15 is 0 Å². The summed E-state index contributed by atoms with van der Waals surface area (Å²) in [6, 6.07) is 3.38. The minimum atomic E-state index is -2.47. The van der Waals surface area contributed by atoms with E-state index in [4.69, 9.17) is 4.89 Å². The van der Waals surface area contributed by atoms with Gasteiger partial charge >= 0.3 is 14.0 Å². The Morgan fingerprint density at radius 2 is 2.39 bits per heavy atom. The largest absolute Gasteiger partial charge is 0.508 e. The van der Waals surface area contributed by atoms with Crippen LogP contribution in [0.5, 0.6) is 0 Å². The third kappa shape index (κ3) is 6.06. The summed E-state index contributed by atoms with van der Waals surface area (Å²) in [6.45, 7) is 0. The molecule has 0 spiro atoms. The van der Waals surface area contributed by atoms with Crippen LogP contribution in [0.2, 0.25) is 0 Å². The van der Waals surface area contributed by atoms with Crippen molar-refractivity contribution in [2.45, 2.75) is 12.5 Å². The summed E-state index contributed by atoms with van der Waals surface area (Å²) in [5.74, 6) is 1.79. The van der Waals surface area contributed by atoms with Gasteiger partial charge in [0.05, 0.1) is 6.42 Å². The van der Waals surface area contributed by atoms with Gasteiger partial charge in [0.15, 0.2) is 0 Å². The summed E-state index contributed by atoms with van der Waals surface area (Å²) < 4.78 is 14.9. The van der Waals surface area contributed by atoms with Crippen LogP contribution in [-0.2, 0) is 14.1 Å². The number of ether oxygens (including phenoxy) is 1. The predicted molar refractivity (Wildman–Crippen MR) is 62.5 cm³/mol. The van der Waals surface area contributed by atoms with Gasteiger partial charge in [0.2, 0.25) is 6.16 Å². The number of aromatic nitrogens is 1. The normalized spacial score (nSPS) is 12.0. The highest BCUT2D eigenvalue weighted by atomic mass is 31.1. The third-order valence-corrected chi connectivity index (χ3v) is 2.52. The molecule has 7 heteroatoms. The molecule has 0 saturated heterocycles. The van der Waals surface area contributed by atoms with Crippen molar-refractivity contribution in [1.29, 1.82) is 0 Å². The molecule has 1 aromatic rings. The fraction of sp³-hybridized carbons (Fsp3) is 0.273. The van der Waals surface area contributed by atoms with E-state index in [1.54, 1.807) is 18.3 Å². The van der Waals surface area contributed by atoms with Crippen LogP contribution in [-0.4, -0.2) is 33.2 Å². The van der Waals surface area contributed by atoms with Gasteiger partial charge < -0.3 is 9.84 Å². The minimum absolute atomic E-state index is 0.361. The molecular weight excluding hydrogens is 257 g/mol. The van der Waals surface area contributed by atoms with Crippen molar-refractivity contribution < 1.29 is 24.1 Å². The SMILES string of the molecule is O=C(CC(O)C[P+](=O)O)OC#Cc1cccnc1. The Labute approximate surface area is 104 Å².